The smallest absolute Gasteiger partial charge is 0.170 e. The highest BCUT2D eigenvalue weighted by Crippen LogP contribution is 2.32. The Balaban J connectivity index is 2.41. The quantitative estimate of drug-likeness (QED) is 0.881. The van der Waals surface area contributed by atoms with Gasteiger partial charge in [0.15, 0.2) is 5.16 Å². The molecule has 1 heterocycles. The molecule has 0 saturated carbocycles. The predicted molar refractivity (Wildman–Crippen MR) is 66.5 cm³/mol. The van der Waals surface area contributed by atoms with E-state index in [4.69, 9.17) is 5.73 Å². The van der Waals surface area contributed by atoms with E-state index in [9.17, 15) is 4.39 Å². The second-order valence-corrected chi connectivity index (χ2v) is 4.95. The number of nitrogens with one attached hydrogen (secondary N) is 1. The molecular formula is C12H14FN3S. The average Bonchev–Trinajstić information content (AvgIpc) is 2.75. The van der Waals surface area contributed by atoms with E-state index < -0.39 is 0 Å². The molecule has 1 aromatic carbocycles. The molecule has 0 fully saturated rings. The van der Waals surface area contributed by atoms with Crippen molar-refractivity contribution in [1.82, 2.24) is 9.97 Å². The van der Waals surface area contributed by atoms with Gasteiger partial charge in [0.1, 0.15) is 5.82 Å². The molecule has 3 nitrogen and oxygen atoms in total. The van der Waals surface area contributed by atoms with E-state index in [2.05, 4.69) is 9.97 Å². The van der Waals surface area contributed by atoms with E-state index in [-0.39, 0.29) is 11.9 Å². The molecule has 0 saturated heterocycles. The van der Waals surface area contributed by atoms with Gasteiger partial charge in [-0.3, -0.25) is 0 Å². The van der Waals surface area contributed by atoms with Crippen LogP contribution < -0.4 is 5.73 Å². The minimum Gasteiger partial charge on any atom is -0.339 e. The molecule has 1 atom stereocenters. The lowest BCUT2D eigenvalue weighted by Gasteiger charge is -2.13. The van der Waals surface area contributed by atoms with Crippen LogP contribution in [0.5, 0.6) is 0 Å². The van der Waals surface area contributed by atoms with Crippen LogP contribution in [0.3, 0.4) is 0 Å². The van der Waals surface area contributed by atoms with Crippen LogP contribution in [-0.4, -0.2) is 9.97 Å². The van der Waals surface area contributed by atoms with Gasteiger partial charge >= 0.3 is 0 Å². The Morgan fingerprint density at radius 2 is 2.24 bits per heavy atom. The van der Waals surface area contributed by atoms with Gasteiger partial charge < -0.3 is 10.7 Å². The molecule has 2 aromatic rings. The van der Waals surface area contributed by atoms with Crippen LogP contribution in [0, 0.1) is 12.7 Å². The maximum absolute atomic E-state index is 13.5. The molecule has 0 amide bonds. The fourth-order valence-electron chi connectivity index (χ4n) is 1.53. The van der Waals surface area contributed by atoms with Gasteiger partial charge in [0, 0.05) is 23.3 Å². The predicted octanol–water partition coefficient (Wildman–Crippen LogP) is 3.03. The van der Waals surface area contributed by atoms with Crippen molar-refractivity contribution in [3.05, 3.63) is 41.5 Å². The fraction of sp³-hybridized carbons (Fsp3) is 0.250. The number of H-pyrrole nitrogens is 1. The molecule has 0 aliphatic heterocycles. The molecule has 1 aromatic heterocycles. The number of nitrogens with two attached hydrogens (primary N) is 1. The molecule has 3 N–H and O–H groups in total. The van der Waals surface area contributed by atoms with Gasteiger partial charge in [-0.2, -0.15) is 0 Å². The number of hydrogen-bond donors (Lipinski definition) is 2. The second-order valence-electron chi connectivity index (χ2n) is 3.92. The largest absolute Gasteiger partial charge is 0.339 e. The van der Waals surface area contributed by atoms with Gasteiger partial charge in [-0.15, -0.1) is 0 Å². The summed E-state index contributed by atoms with van der Waals surface area (Å²) in [5, 5.41) is 0.776. The number of aromatic nitrogens is 2. The Kier molecular flexibility index (Phi) is 3.49. The van der Waals surface area contributed by atoms with Crippen molar-refractivity contribution in [3.63, 3.8) is 0 Å². The van der Waals surface area contributed by atoms with E-state index in [0.29, 0.717) is 5.56 Å². The van der Waals surface area contributed by atoms with Crippen molar-refractivity contribution in [2.75, 3.05) is 0 Å². The first kappa shape index (κ1) is 12.1. The lowest BCUT2D eigenvalue weighted by Crippen LogP contribution is -2.07. The standard InChI is InChI=1S/C12H14FN3S/c1-7-5-11(17-12-15-3-4-16-12)9(8(2)14)6-10(7)13/h3-6,8H,14H2,1-2H3,(H,15,16)/t8-/m1/s1. The van der Waals surface area contributed by atoms with E-state index >= 15 is 0 Å². The summed E-state index contributed by atoms with van der Waals surface area (Å²) in [6.07, 6.45) is 3.44. The zero-order valence-electron chi connectivity index (χ0n) is 9.70. The highest BCUT2D eigenvalue weighted by atomic mass is 32.2. The third kappa shape index (κ3) is 2.68. The Labute approximate surface area is 104 Å². The van der Waals surface area contributed by atoms with Crippen LogP contribution in [0.25, 0.3) is 0 Å². The number of hydrogen-bond acceptors (Lipinski definition) is 3. The minimum absolute atomic E-state index is 0.206. The average molecular weight is 251 g/mol. The molecule has 0 aliphatic carbocycles. The summed E-state index contributed by atoms with van der Waals surface area (Å²) in [4.78, 5) is 8.08. The Hall–Kier alpha value is -1.33. The summed E-state index contributed by atoms with van der Waals surface area (Å²) in [6.45, 7) is 3.59. The van der Waals surface area contributed by atoms with Crippen LogP contribution >= 0.6 is 11.8 Å². The summed E-state index contributed by atoms with van der Waals surface area (Å²) in [5.41, 5.74) is 7.27. The molecule has 2 rings (SSSR count). The fourth-order valence-corrected chi connectivity index (χ4v) is 2.57. The van der Waals surface area contributed by atoms with E-state index in [1.54, 1.807) is 25.4 Å². The van der Waals surface area contributed by atoms with Gasteiger partial charge in [0.25, 0.3) is 0 Å². The first-order chi connectivity index (χ1) is 8.08. The molecule has 0 spiro atoms. The maximum Gasteiger partial charge on any atom is 0.170 e. The third-order valence-electron chi connectivity index (χ3n) is 2.46. The zero-order chi connectivity index (χ0) is 12.4. The van der Waals surface area contributed by atoms with Crippen molar-refractivity contribution in [3.8, 4) is 0 Å². The van der Waals surface area contributed by atoms with Gasteiger partial charge in [-0.25, -0.2) is 9.37 Å². The van der Waals surface area contributed by atoms with E-state index in [0.717, 1.165) is 15.6 Å². The van der Waals surface area contributed by atoms with Crippen LogP contribution in [0.1, 0.15) is 24.1 Å². The Morgan fingerprint density at radius 1 is 1.47 bits per heavy atom. The van der Waals surface area contributed by atoms with Crippen LogP contribution in [0.15, 0.2) is 34.6 Å². The van der Waals surface area contributed by atoms with Gasteiger partial charge in [0.05, 0.1) is 0 Å². The van der Waals surface area contributed by atoms with Crippen LogP contribution in [0.4, 0.5) is 4.39 Å². The maximum atomic E-state index is 13.5. The Bertz CT molecular complexity index is 509. The number of aryl methyl sites for hydroxylation is 1. The highest BCUT2D eigenvalue weighted by Gasteiger charge is 2.12. The first-order valence-electron chi connectivity index (χ1n) is 5.31. The topological polar surface area (TPSA) is 54.7 Å². The van der Waals surface area contributed by atoms with Crippen molar-refractivity contribution in [2.24, 2.45) is 5.73 Å². The lowest BCUT2D eigenvalue weighted by atomic mass is 10.1. The normalized spacial score (nSPS) is 12.7. The molecule has 17 heavy (non-hydrogen) atoms. The summed E-state index contributed by atoms with van der Waals surface area (Å²) < 4.78 is 13.5. The van der Waals surface area contributed by atoms with E-state index in [1.165, 1.54) is 17.8 Å². The number of benzene rings is 1. The van der Waals surface area contributed by atoms with Crippen LogP contribution in [0.2, 0.25) is 0 Å². The van der Waals surface area contributed by atoms with Crippen LogP contribution in [-0.2, 0) is 0 Å². The number of nitrogens with zero attached hydrogens (tertiary/aromatic N) is 1. The SMILES string of the molecule is Cc1cc(Sc2ncc[nH]2)c([C@@H](C)N)cc1F. The van der Waals surface area contributed by atoms with Gasteiger partial charge in [-0.05, 0) is 37.1 Å². The second kappa shape index (κ2) is 4.89. The number of imidazole rings is 1. The summed E-state index contributed by atoms with van der Waals surface area (Å²) in [5.74, 6) is -0.221. The lowest BCUT2D eigenvalue weighted by molar-refractivity contribution is 0.610. The molecular weight excluding hydrogens is 237 g/mol. The van der Waals surface area contributed by atoms with Crippen molar-refractivity contribution in [2.45, 2.75) is 29.9 Å². The molecule has 90 valence electrons. The van der Waals surface area contributed by atoms with Gasteiger partial charge in [-0.1, -0.05) is 11.8 Å². The van der Waals surface area contributed by atoms with Crippen molar-refractivity contribution >= 4 is 11.8 Å². The Morgan fingerprint density at radius 3 is 2.82 bits per heavy atom. The molecule has 0 unspecified atom stereocenters. The number of aromatic amines is 1. The molecule has 0 radical (unpaired) electrons. The summed E-state index contributed by atoms with van der Waals surface area (Å²) >= 11 is 1.46. The molecule has 0 aliphatic rings. The summed E-state index contributed by atoms with van der Waals surface area (Å²) in [7, 11) is 0. The minimum atomic E-state index is -0.221. The monoisotopic (exact) mass is 251 g/mol. The van der Waals surface area contributed by atoms with Gasteiger partial charge in [0.2, 0.25) is 0 Å². The number of halogens is 1. The van der Waals surface area contributed by atoms with E-state index in [1.807, 2.05) is 6.92 Å². The third-order valence-corrected chi connectivity index (χ3v) is 3.45. The molecule has 0 bridgehead atoms. The van der Waals surface area contributed by atoms with Crippen molar-refractivity contribution < 1.29 is 4.39 Å². The first-order valence-corrected chi connectivity index (χ1v) is 6.12. The number of rotatable bonds is 3. The van der Waals surface area contributed by atoms with Crippen molar-refractivity contribution in [1.29, 1.82) is 0 Å². The highest BCUT2D eigenvalue weighted by molar-refractivity contribution is 7.99. The zero-order valence-corrected chi connectivity index (χ0v) is 10.5. The summed E-state index contributed by atoms with van der Waals surface area (Å²) in [6, 6.07) is 3.11. The molecule has 5 heteroatoms.